The quantitative estimate of drug-likeness (QED) is 0.176. The van der Waals surface area contributed by atoms with E-state index in [1.165, 1.54) is 31.0 Å². The van der Waals surface area contributed by atoms with Gasteiger partial charge in [0.2, 0.25) is 11.8 Å². The highest BCUT2D eigenvalue weighted by atomic mass is 35.5. The maximum atomic E-state index is 16.9. The Labute approximate surface area is 300 Å². The Balaban J connectivity index is 1.07. The monoisotopic (exact) mass is 737 g/mol. The van der Waals surface area contributed by atoms with Gasteiger partial charge in [-0.2, -0.15) is 15.2 Å². The van der Waals surface area contributed by atoms with Crippen LogP contribution in [-0.2, 0) is 4.79 Å². The molecule has 5 aliphatic rings. The van der Waals surface area contributed by atoms with Crippen LogP contribution in [0, 0.1) is 28.9 Å². The molecule has 0 radical (unpaired) electrons. The van der Waals surface area contributed by atoms with Crippen molar-refractivity contribution in [3.8, 4) is 29.1 Å². The van der Waals surface area contributed by atoms with Crippen molar-refractivity contribution in [2.75, 3.05) is 25.4 Å². The molecule has 5 heterocycles. The zero-order valence-corrected chi connectivity index (χ0v) is 29.1. The molecule has 4 N–H and O–H groups in total. The van der Waals surface area contributed by atoms with Crippen molar-refractivity contribution in [2.24, 2.45) is 5.92 Å². The average molecular weight is 738 g/mol. The lowest BCUT2D eigenvalue weighted by Gasteiger charge is -2.30. The molecular formula is C36H35ClF3N7O3S. The van der Waals surface area contributed by atoms with E-state index in [0.29, 0.717) is 38.1 Å². The van der Waals surface area contributed by atoms with E-state index in [-0.39, 0.29) is 96.3 Å². The van der Waals surface area contributed by atoms with Gasteiger partial charge in [-0.1, -0.05) is 17.7 Å². The lowest BCUT2D eigenvalue weighted by atomic mass is 9.95. The molecule has 10 nitrogen and oxygen atoms in total. The summed E-state index contributed by atoms with van der Waals surface area (Å²) in [5.41, 5.74) is 5.56. The van der Waals surface area contributed by atoms with Gasteiger partial charge in [0, 0.05) is 42.4 Å². The highest BCUT2D eigenvalue weighted by Crippen LogP contribution is 2.46. The lowest BCUT2D eigenvalue weighted by Crippen LogP contribution is -2.43. The topological polar surface area (TPSA) is 148 Å². The normalized spacial score (nSPS) is 28.6. The van der Waals surface area contributed by atoms with E-state index in [9.17, 15) is 18.8 Å². The van der Waals surface area contributed by atoms with Gasteiger partial charge in [-0.05, 0) is 68.7 Å². The molecule has 2 aromatic heterocycles. The van der Waals surface area contributed by atoms with Crippen LogP contribution in [0.2, 0.25) is 5.02 Å². The molecule has 3 saturated heterocycles. The number of nitriles is 1. The SMILES string of the molecule is N#Cc1c(N)sc2c(F)ccc(-c3c(Cl)cc4c(O[C@H]5CC[C@@H](NC(=O)[C@@H]6N[C@H]6C6CC6)C5)nc(OC[C@@]56CCCN5C[C@H](F)C6)nc4c3F)c12. The van der Waals surface area contributed by atoms with Gasteiger partial charge in [-0.3, -0.25) is 15.0 Å². The van der Waals surface area contributed by atoms with Crippen molar-refractivity contribution in [3.05, 3.63) is 40.4 Å². The number of rotatable bonds is 9. The third kappa shape index (κ3) is 5.73. The zero-order valence-electron chi connectivity index (χ0n) is 27.5. The fourth-order valence-electron chi connectivity index (χ4n) is 8.59. The van der Waals surface area contributed by atoms with Crippen molar-refractivity contribution in [2.45, 2.75) is 87.3 Å². The molecule has 0 bridgehead atoms. The van der Waals surface area contributed by atoms with Gasteiger partial charge < -0.3 is 20.5 Å². The van der Waals surface area contributed by atoms with Crippen molar-refractivity contribution in [1.82, 2.24) is 25.5 Å². The zero-order chi connectivity index (χ0) is 35.2. The summed E-state index contributed by atoms with van der Waals surface area (Å²) in [6.07, 6.45) is 4.90. The van der Waals surface area contributed by atoms with Crippen molar-refractivity contribution < 1.29 is 27.4 Å². The first kappa shape index (κ1) is 33.0. The number of carbonyl (C=O) groups is 1. The number of nitrogens with zero attached hydrogens (tertiary/aromatic N) is 4. The van der Waals surface area contributed by atoms with Gasteiger partial charge >= 0.3 is 6.01 Å². The van der Waals surface area contributed by atoms with Crippen LogP contribution in [0.5, 0.6) is 11.9 Å². The smallest absolute Gasteiger partial charge is 0.320 e. The summed E-state index contributed by atoms with van der Waals surface area (Å²) in [5, 5.41) is 16.8. The maximum absolute atomic E-state index is 16.9. The van der Waals surface area contributed by atoms with Crippen LogP contribution in [0.3, 0.4) is 0 Å². The number of thiophene rings is 1. The van der Waals surface area contributed by atoms with Crippen LogP contribution in [0.25, 0.3) is 32.1 Å². The van der Waals surface area contributed by atoms with E-state index in [4.69, 9.17) is 26.8 Å². The molecule has 4 aromatic rings. The Morgan fingerprint density at radius 3 is 2.90 bits per heavy atom. The average Bonchev–Trinajstić information content (AvgIpc) is 3.95. The van der Waals surface area contributed by atoms with Crippen LogP contribution < -0.4 is 25.8 Å². The first-order valence-corrected chi connectivity index (χ1v) is 18.7. The summed E-state index contributed by atoms with van der Waals surface area (Å²) in [5.74, 6) is -0.756. The number of ether oxygens (including phenoxy) is 2. The first-order valence-electron chi connectivity index (χ1n) is 17.5. The van der Waals surface area contributed by atoms with Crippen LogP contribution in [0.1, 0.15) is 56.9 Å². The van der Waals surface area contributed by atoms with Gasteiger partial charge in [0.15, 0.2) is 5.82 Å². The lowest BCUT2D eigenvalue weighted by molar-refractivity contribution is -0.121. The fourth-order valence-corrected chi connectivity index (χ4v) is 9.83. The number of fused-ring (bicyclic) bond motifs is 3. The van der Waals surface area contributed by atoms with Crippen molar-refractivity contribution >= 4 is 54.8 Å². The van der Waals surface area contributed by atoms with Crippen molar-refractivity contribution in [3.63, 3.8) is 0 Å². The Bertz CT molecular complexity index is 2140. The summed E-state index contributed by atoms with van der Waals surface area (Å²) in [6.45, 7) is 1.23. The molecule has 2 aliphatic carbocycles. The number of hydrogen-bond acceptors (Lipinski definition) is 10. The van der Waals surface area contributed by atoms with Gasteiger partial charge in [0.1, 0.15) is 47.3 Å². The Morgan fingerprint density at radius 1 is 1.25 bits per heavy atom. The highest BCUT2D eigenvalue weighted by Gasteiger charge is 2.51. The second kappa shape index (κ2) is 12.4. The largest absolute Gasteiger partial charge is 0.474 e. The molecule has 51 heavy (non-hydrogen) atoms. The predicted octanol–water partition coefficient (Wildman–Crippen LogP) is 6.02. The number of nitrogens with two attached hydrogens (primary N) is 1. The fraction of sp³-hybridized carbons (Fsp3) is 0.500. The van der Waals surface area contributed by atoms with E-state index < -0.39 is 23.3 Å². The van der Waals surface area contributed by atoms with Crippen LogP contribution >= 0.6 is 22.9 Å². The number of nitrogen functional groups attached to an aromatic ring is 1. The minimum atomic E-state index is -0.962. The van der Waals surface area contributed by atoms with E-state index >= 15 is 4.39 Å². The summed E-state index contributed by atoms with van der Waals surface area (Å²) in [6, 6.07) is 5.99. The van der Waals surface area contributed by atoms with Gasteiger partial charge in [0.25, 0.3) is 0 Å². The molecule has 0 spiro atoms. The van der Waals surface area contributed by atoms with Crippen LogP contribution in [0.4, 0.5) is 18.2 Å². The molecule has 3 aliphatic heterocycles. The maximum Gasteiger partial charge on any atom is 0.320 e. The number of hydrogen-bond donors (Lipinski definition) is 3. The standard InChI is InChI=1S/C36H35ClF3N7O3S/c37-23-11-21-29(27(40)26(23)20-6-7-24(39)31-25(20)22(13-41)32(42)51-31)45-35(49-15-36-8-1-9-47(36)14-17(38)12-36)46-34(21)50-19-5-4-18(10-19)43-33(48)30-28(44-30)16-2-3-16/h6-7,11,16-19,28,30,44H,1-5,8-10,12,14-15,42H2,(H,43,48)/t17-,18-,19+,28+,30-,36+/m1/s1. The summed E-state index contributed by atoms with van der Waals surface area (Å²) < 4.78 is 59.1. The summed E-state index contributed by atoms with van der Waals surface area (Å²) in [7, 11) is 0. The molecule has 2 aromatic carbocycles. The number of aromatic nitrogens is 2. The highest BCUT2D eigenvalue weighted by molar-refractivity contribution is 7.23. The molecule has 9 rings (SSSR count). The Kier molecular flexibility index (Phi) is 7.99. The molecule has 2 saturated carbocycles. The van der Waals surface area contributed by atoms with Crippen LogP contribution in [0.15, 0.2) is 18.2 Å². The molecule has 1 amide bonds. The van der Waals surface area contributed by atoms with Gasteiger partial charge in [0.05, 0.1) is 26.2 Å². The second-order valence-corrected chi connectivity index (χ2v) is 16.1. The van der Waals surface area contributed by atoms with E-state index in [0.717, 1.165) is 30.7 Å². The number of benzene rings is 2. The third-order valence-electron chi connectivity index (χ3n) is 11.3. The second-order valence-electron chi connectivity index (χ2n) is 14.6. The minimum absolute atomic E-state index is 0.00621. The molecule has 266 valence electrons. The van der Waals surface area contributed by atoms with Gasteiger partial charge in [-0.25, -0.2) is 13.2 Å². The summed E-state index contributed by atoms with van der Waals surface area (Å²) >= 11 is 7.71. The predicted molar refractivity (Wildman–Crippen MR) is 187 cm³/mol. The molecule has 5 fully saturated rings. The minimum Gasteiger partial charge on any atom is -0.474 e. The Morgan fingerprint density at radius 2 is 2.10 bits per heavy atom. The van der Waals surface area contributed by atoms with Crippen molar-refractivity contribution in [1.29, 1.82) is 5.26 Å². The molecule has 6 atom stereocenters. The molecular weight excluding hydrogens is 703 g/mol. The molecule has 0 unspecified atom stereocenters. The Hall–Kier alpha value is -3.90. The number of carbonyl (C=O) groups excluding carboxylic acids is 1. The number of anilines is 1. The number of halogens is 4. The van der Waals surface area contributed by atoms with Gasteiger partial charge in [-0.15, -0.1) is 11.3 Å². The summed E-state index contributed by atoms with van der Waals surface area (Å²) in [4.78, 5) is 24.0. The van der Waals surface area contributed by atoms with Crippen LogP contribution in [-0.4, -0.2) is 76.4 Å². The van der Waals surface area contributed by atoms with E-state index in [1.54, 1.807) is 0 Å². The number of alkyl halides is 1. The molecule has 15 heteroatoms. The van der Waals surface area contributed by atoms with E-state index in [2.05, 4.69) is 25.5 Å². The number of nitrogens with one attached hydrogen (secondary N) is 2. The first-order chi connectivity index (χ1) is 24.6. The third-order valence-corrected chi connectivity index (χ3v) is 12.6. The van der Waals surface area contributed by atoms with E-state index in [1.807, 2.05) is 6.07 Å². The number of amides is 1.